The average molecular weight is 340 g/mol. The number of amides is 1. The average Bonchev–Trinajstić information content (AvgIpc) is 2.37. The van der Waals surface area contributed by atoms with E-state index in [9.17, 15) is 9.18 Å². The number of nitrogens with one attached hydrogen (secondary N) is 1. The normalized spacial score (nSPS) is 10.2. The maximum absolute atomic E-state index is 13.7. The summed E-state index contributed by atoms with van der Waals surface area (Å²) < 4.78 is 19.2. The lowest BCUT2D eigenvalue weighted by molar-refractivity contribution is 0.102. The van der Waals surface area contributed by atoms with E-state index in [2.05, 4.69) is 31.2 Å². The highest BCUT2D eigenvalue weighted by molar-refractivity contribution is 9.10. The van der Waals surface area contributed by atoms with E-state index in [0.717, 1.165) is 0 Å². The van der Waals surface area contributed by atoms with Crippen molar-refractivity contribution in [1.82, 2.24) is 9.97 Å². The maximum atomic E-state index is 13.7. The van der Waals surface area contributed by atoms with Crippen LogP contribution in [0.5, 0.6) is 5.88 Å². The molecule has 1 heterocycles. The van der Waals surface area contributed by atoms with Crippen molar-refractivity contribution in [2.45, 2.75) is 6.92 Å². The van der Waals surface area contributed by atoms with Gasteiger partial charge in [-0.2, -0.15) is 4.98 Å². The number of aromatic nitrogens is 2. The second-order valence-electron chi connectivity index (χ2n) is 3.95. The third-order valence-corrected chi connectivity index (χ3v) is 2.93. The second kappa shape index (κ2) is 5.96. The molecule has 1 aromatic carbocycles. The van der Waals surface area contributed by atoms with Crippen molar-refractivity contribution in [2.24, 2.45) is 0 Å². The van der Waals surface area contributed by atoms with E-state index in [-0.39, 0.29) is 11.5 Å². The predicted molar refractivity (Wildman–Crippen MR) is 75.4 cm³/mol. The number of hydrogen-bond acceptors (Lipinski definition) is 4. The molecule has 20 heavy (non-hydrogen) atoms. The van der Waals surface area contributed by atoms with Crippen LogP contribution in [0.2, 0.25) is 0 Å². The number of nitrogens with zero attached hydrogens (tertiary/aromatic N) is 2. The van der Waals surface area contributed by atoms with Gasteiger partial charge in [-0.25, -0.2) is 9.37 Å². The van der Waals surface area contributed by atoms with Crippen molar-refractivity contribution in [3.05, 3.63) is 45.8 Å². The first-order chi connectivity index (χ1) is 9.49. The van der Waals surface area contributed by atoms with Gasteiger partial charge in [-0.3, -0.25) is 10.1 Å². The maximum Gasteiger partial charge on any atom is 0.260 e. The molecule has 2 rings (SSSR count). The number of aryl methyl sites for hydroxylation is 1. The standard InChI is InChI=1S/C13H11BrFN3O2/c1-7-5-11(20-2)17-13(16-7)18-12(19)9-4-3-8(14)6-10(9)15/h3-6H,1-2H3,(H,16,17,18,19). The molecular weight excluding hydrogens is 329 g/mol. The summed E-state index contributed by atoms with van der Waals surface area (Å²) >= 11 is 3.13. The number of benzene rings is 1. The monoisotopic (exact) mass is 339 g/mol. The van der Waals surface area contributed by atoms with E-state index < -0.39 is 11.7 Å². The molecule has 104 valence electrons. The van der Waals surface area contributed by atoms with Gasteiger partial charge in [0.15, 0.2) is 0 Å². The summed E-state index contributed by atoms with van der Waals surface area (Å²) in [5.41, 5.74) is 0.542. The van der Waals surface area contributed by atoms with Crippen molar-refractivity contribution in [1.29, 1.82) is 0 Å². The minimum atomic E-state index is -0.628. The fourth-order valence-corrected chi connectivity index (χ4v) is 1.88. The Bertz CT molecular complexity index is 664. The van der Waals surface area contributed by atoms with Crippen molar-refractivity contribution in [2.75, 3.05) is 12.4 Å². The third kappa shape index (κ3) is 3.30. The lowest BCUT2D eigenvalue weighted by Crippen LogP contribution is -2.16. The number of ether oxygens (including phenoxy) is 1. The molecule has 0 saturated heterocycles. The zero-order chi connectivity index (χ0) is 14.7. The van der Waals surface area contributed by atoms with Crippen LogP contribution in [0.3, 0.4) is 0 Å². The van der Waals surface area contributed by atoms with Crippen LogP contribution >= 0.6 is 15.9 Å². The Morgan fingerprint density at radius 2 is 2.10 bits per heavy atom. The minimum Gasteiger partial charge on any atom is -0.481 e. The van der Waals surface area contributed by atoms with Crippen LogP contribution in [-0.4, -0.2) is 23.0 Å². The molecule has 0 atom stereocenters. The highest BCUT2D eigenvalue weighted by atomic mass is 79.9. The fraction of sp³-hybridized carbons (Fsp3) is 0.154. The summed E-state index contributed by atoms with van der Waals surface area (Å²) in [5, 5.41) is 2.44. The van der Waals surface area contributed by atoms with E-state index in [1.54, 1.807) is 19.1 Å². The van der Waals surface area contributed by atoms with Gasteiger partial charge in [0.05, 0.1) is 12.7 Å². The molecule has 0 saturated carbocycles. The number of carbonyl (C=O) groups is 1. The minimum absolute atomic E-state index is 0.0640. The molecule has 0 radical (unpaired) electrons. The Balaban J connectivity index is 2.25. The Morgan fingerprint density at radius 1 is 1.35 bits per heavy atom. The predicted octanol–water partition coefficient (Wildman–Crippen LogP) is 2.95. The van der Waals surface area contributed by atoms with E-state index in [1.165, 1.54) is 19.2 Å². The first kappa shape index (κ1) is 14.4. The van der Waals surface area contributed by atoms with Crippen LogP contribution in [0.15, 0.2) is 28.7 Å². The largest absolute Gasteiger partial charge is 0.481 e. The summed E-state index contributed by atoms with van der Waals surface area (Å²) in [7, 11) is 1.46. The Morgan fingerprint density at radius 3 is 2.75 bits per heavy atom. The van der Waals surface area contributed by atoms with E-state index in [4.69, 9.17) is 4.74 Å². The van der Waals surface area contributed by atoms with Crippen molar-refractivity contribution in [3.63, 3.8) is 0 Å². The molecule has 5 nitrogen and oxygen atoms in total. The molecule has 0 aliphatic heterocycles. The number of hydrogen-bond donors (Lipinski definition) is 1. The van der Waals surface area contributed by atoms with E-state index in [1.807, 2.05) is 0 Å². The molecule has 2 aromatic rings. The summed E-state index contributed by atoms with van der Waals surface area (Å²) in [4.78, 5) is 20.0. The van der Waals surface area contributed by atoms with Crippen LogP contribution in [0.1, 0.15) is 16.1 Å². The molecule has 0 aliphatic rings. The number of methoxy groups -OCH3 is 1. The lowest BCUT2D eigenvalue weighted by Gasteiger charge is -2.07. The second-order valence-corrected chi connectivity index (χ2v) is 4.87. The van der Waals surface area contributed by atoms with Gasteiger partial charge in [-0.15, -0.1) is 0 Å². The number of carbonyl (C=O) groups excluding carboxylic acids is 1. The first-order valence-electron chi connectivity index (χ1n) is 5.65. The Kier molecular flexibility index (Phi) is 4.29. The van der Waals surface area contributed by atoms with E-state index >= 15 is 0 Å². The SMILES string of the molecule is COc1cc(C)nc(NC(=O)c2ccc(Br)cc2F)n1. The zero-order valence-electron chi connectivity index (χ0n) is 10.8. The summed E-state index contributed by atoms with van der Waals surface area (Å²) in [6.45, 7) is 1.74. The molecule has 1 aromatic heterocycles. The smallest absolute Gasteiger partial charge is 0.260 e. The summed E-state index contributed by atoms with van der Waals surface area (Å²) in [6.07, 6.45) is 0. The van der Waals surface area contributed by atoms with Gasteiger partial charge in [0, 0.05) is 16.2 Å². The van der Waals surface area contributed by atoms with Gasteiger partial charge in [0.2, 0.25) is 11.8 Å². The first-order valence-corrected chi connectivity index (χ1v) is 6.45. The van der Waals surface area contributed by atoms with Gasteiger partial charge in [0.25, 0.3) is 5.91 Å². The van der Waals surface area contributed by atoms with Gasteiger partial charge in [-0.1, -0.05) is 15.9 Å². The third-order valence-electron chi connectivity index (χ3n) is 2.44. The molecular formula is C13H11BrFN3O2. The summed E-state index contributed by atoms with van der Waals surface area (Å²) in [6, 6.07) is 5.79. The van der Waals surface area contributed by atoms with Crippen molar-refractivity contribution in [3.8, 4) is 5.88 Å². The zero-order valence-corrected chi connectivity index (χ0v) is 12.4. The summed E-state index contributed by atoms with van der Waals surface area (Å²) in [5.74, 6) is -0.864. The van der Waals surface area contributed by atoms with Gasteiger partial charge in [-0.05, 0) is 25.1 Å². The van der Waals surface area contributed by atoms with Crippen molar-refractivity contribution >= 4 is 27.8 Å². The Hall–Kier alpha value is -2.02. The number of halogens is 2. The van der Waals surface area contributed by atoms with E-state index in [0.29, 0.717) is 16.0 Å². The van der Waals surface area contributed by atoms with Crippen LogP contribution in [0.25, 0.3) is 0 Å². The van der Waals surface area contributed by atoms with Crippen LogP contribution < -0.4 is 10.1 Å². The van der Waals surface area contributed by atoms with Crippen LogP contribution in [-0.2, 0) is 0 Å². The molecule has 7 heteroatoms. The topological polar surface area (TPSA) is 64.1 Å². The molecule has 0 unspecified atom stereocenters. The van der Waals surface area contributed by atoms with Crippen molar-refractivity contribution < 1.29 is 13.9 Å². The highest BCUT2D eigenvalue weighted by Crippen LogP contribution is 2.17. The Labute approximate surface area is 123 Å². The van der Waals surface area contributed by atoms with Gasteiger partial charge in [0.1, 0.15) is 5.82 Å². The number of rotatable bonds is 3. The molecule has 0 aliphatic carbocycles. The quantitative estimate of drug-likeness (QED) is 0.933. The molecule has 0 spiro atoms. The molecule has 1 amide bonds. The molecule has 0 bridgehead atoms. The molecule has 1 N–H and O–H groups in total. The van der Waals surface area contributed by atoms with Gasteiger partial charge >= 0.3 is 0 Å². The highest BCUT2D eigenvalue weighted by Gasteiger charge is 2.14. The van der Waals surface area contributed by atoms with Crippen LogP contribution in [0.4, 0.5) is 10.3 Å². The number of anilines is 1. The fourth-order valence-electron chi connectivity index (χ4n) is 1.54. The lowest BCUT2D eigenvalue weighted by atomic mass is 10.2. The van der Waals surface area contributed by atoms with Crippen LogP contribution in [0, 0.1) is 12.7 Å². The molecule has 0 fully saturated rings. The van der Waals surface area contributed by atoms with Gasteiger partial charge < -0.3 is 4.74 Å².